The van der Waals surface area contributed by atoms with Gasteiger partial charge in [0.25, 0.3) is 0 Å². The predicted octanol–water partition coefficient (Wildman–Crippen LogP) is 2.39. The molecule has 0 saturated carbocycles. The summed E-state index contributed by atoms with van der Waals surface area (Å²) < 4.78 is 0. The van der Waals surface area contributed by atoms with Crippen LogP contribution in [0.3, 0.4) is 0 Å². The van der Waals surface area contributed by atoms with Crippen molar-refractivity contribution in [1.82, 2.24) is 10.6 Å². The Morgan fingerprint density at radius 2 is 1.94 bits per heavy atom. The van der Waals surface area contributed by atoms with Gasteiger partial charge in [-0.25, -0.2) is 0 Å². The van der Waals surface area contributed by atoms with E-state index >= 15 is 0 Å². The zero-order valence-corrected chi connectivity index (χ0v) is 11.6. The van der Waals surface area contributed by atoms with Crippen LogP contribution in [0.5, 0.6) is 0 Å². The topological polar surface area (TPSA) is 41.1 Å². The minimum Gasteiger partial charge on any atom is -0.355 e. The molecule has 1 unspecified atom stereocenters. The van der Waals surface area contributed by atoms with Gasteiger partial charge in [-0.3, -0.25) is 4.79 Å². The zero-order chi connectivity index (χ0) is 13.4. The summed E-state index contributed by atoms with van der Waals surface area (Å²) in [7, 11) is 0. The van der Waals surface area contributed by atoms with Gasteiger partial charge in [-0.05, 0) is 25.8 Å². The molecule has 18 heavy (non-hydrogen) atoms. The van der Waals surface area contributed by atoms with Crippen LogP contribution >= 0.6 is 0 Å². The summed E-state index contributed by atoms with van der Waals surface area (Å²) in [6.45, 7) is 7.58. The van der Waals surface area contributed by atoms with E-state index in [9.17, 15) is 4.79 Å². The summed E-state index contributed by atoms with van der Waals surface area (Å²) in [6, 6.07) is 8.20. The van der Waals surface area contributed by atoms with Crippen LogP contribution < -0.4 is 10.6 Å². The molecular weight excluding hydrogens is 224 g/mol. The average Bonchev–Trinajstić information content (AvgIpc) is 2.38. The molecular formula is C15H24N2O. The maximum Gasteiger partial charge on any atom is 0.236 e. The first-order valence-corrected chi connectivity index (χ1v) is 6.70. The van der Waals surface area contributed by atoms with Gasteiger partial charge in [-0.15, -0.1) is 0 Å². The van der Waals surface area contributed by atoms with Crippen molar-refractivity contribution < 1.29 is 4.79 Å². The SMILES string of the molecule is CCCCNC(=O)C(C)NCc1ccc(C)cc1. The van der Waals surface area contributed by atoms with Crippen LogP contribution in [0.2, 0.25) is 0 Å². The predicted molar refractivity (Wildman–Crippen MR) is 75.4 cm³/mol. The summed E-state index contributed by atoms with van der Waals surface area (Å²) >= 11 is 0. The van der Waals surface area contributed by atoms with E-state index in [1.807, 2.05) is 6.92 Å². The van der Waals surface area contributed by atoms with E-state index in [2.05, 4.69) is 48.7 Å². The smallest absolute Gasteiger partial charge is 0.236 e. The van der Waals surface area contributed by atoms with Crippen molar-refractivity contribution in [3.63, 3.8) is 0 Å². The maximum atomic E-state index is 11.7. The van der Waals surface area contributed by atoms with Gasteiger partial charge >= 0.3 is 0 Å². The molecule has 3 heteroatoms. The van der Waals surface area contributed by atoms with Crippen LogP contribution in [-0.2, 0) is 11.3 Å². The number of rotatable bonds is 7. The van der Waals surface area contributed by atoms with Crippen molar-refractivity contribution in [2.24, 2.45) is 0 Å². The largest absolute Gasteiger partial charge is 0.355 e. The van der Waals surface area contributed by atoms with E-state index in [-0.39, 0.29) is 11.9 Å². The molecule has 0 radical (unpaired) electrons. The number of hydrogen-bond acceptors (Lipinski definition) is 2. The van der Waals surface area contributed by atoms with Crippen LogP contribution in [0.15, 0.2) is 24.3 Å². The summed E-state index contributed by atoms with van der Waals surface area (Å²) in [5.41, 5.74) is 2.46. The molecule has 0 spiro atoms. The fourth-order valence-corrected chi connectivity index (χ4v) is 1.61. The molecule has 0 heterocycles. The van der Waals surface area contributed by atoms with E-state index in [0.29, 0.717) is 0 Å². The van der Waals surface area contributed by atoms with Crippen molar-refractivity contribution >= 4 is 5.91 Å². The number of aryl methyl sites for hydroxylation is 1. The number of nitrogens with one attached hydrogen (secondary N) is 2. The molecule has 0 aliphatic rings. The Hall–Kier alpha value is -1.35. The van der Waals surface area contributed by atoms with Crippen molar-refractivity contribution in [2.75, 3.05) is 6.54 Å². The van der Waals surface area contributed by atoms with E-state index in [4.69, 9.17) is 0 Å². The van der Waals surface area contributed by atoms with Gasteiger partial charge in [-0.1, -0.05) is 43.2 Å². The first kappa shape index (κ1) is 14.7. The molecule has 1 aromatic rings. The molecule has 1 amide bonds. The van der Waals surface area contributed by atoms with Crippen molar-refractivity contribution in [2.45, 2.75) is 46.2 Å². The molecule has 1 aromatic carbocycles. The number of benzene rings is 1. The Bertz CT molecular complexity index is 359. The second kappa shape index (κ2) is 7.88. The van der Waals surface area contributed by atoms with Crippen molar-refractivity contribution in [3.05, 3.63) is 35.4 Å². The summed E-state index contributed by atoms with van der Waals surface area (Å²) in [5, 5.41) is 6.16. The minimum absolute atomic E-state index is 0.0792. The third-order valence-electron chi connectivity index (χ3n) is 2.96. The normalized spacial score (nSPS) is 12.2. The van der Waals surface area contributed by atoms with Gasteiger partial charge in [0, 0.05) is 13.1 Å². The molecule has 3 nitrogen and oxygen atoms in total. The lowest BCUT2D eigenvalue weighted by molar-refractivity contribution is -0.122. The third-order valence-corrected chi connectivity index (χ3v) is 2.96. The van der Waals surface area contributed by atoms with Crippen LogP contribution in [0.4, 0.5) is 0 Å². The molecule has 2 N–H and O–H groups in total. The van der Waals surface area contributed by atoms with Gasteiger partial charge in [-0.2, -0.15) is 0 Å². The van der Waals surface area contributed by atoms with Crippen LogP contribution in [0.1, 0.15) is 37.8 Å². The lowest BCUT2D eigenvalue weighted by Crippen LogP contribution is -2.42. The van der Waals surface area contributed by atoms with E-state index in [1.165, 1.54) is 11.1 Å². The lowest BCUT2D eigenvalue weighted by Gasteiger charge is -2.14. The minimum atomic E-state index is -0.150. The van der Waals surface area contributed by atoms with Gasteiger partial charge in [0.2, 0.25) is 5.91 Å². The Morgan fingerprint density at radius 3 is 2.56 bits per heavy atom. The number of unbranched alkanes of at least 4 members (excludes halogenated alkanes) is 1. The Labute approximate surface area is 110 Å². The third kappa shape index (κ3) is 5.32. The lowest BCUT2D eigenvalue weighted by atomic mass is 10.1. The van der Waals surface area contributed by atoms with E-state index in [1.54, 1.807) is 0 Å². The Kier molecular flexibility index (Phi) is 6.44. The van der Waals surface area contributed by atoms with Gasteiger partial charge in [0.15, 0.2) is 0 Å². The standard InChI is InChI=1S/C15H24N2O/c1-4-5-10-16-15(18)13(3)17-11-14-8-6-12(2)7-9-14/h6-9,13,17H,4-5,10-11H2,1-3H3,(H,16,18). The van der Waals surface area contributed by atoms with Gasteiger partial charge in [0.05, 0.1) is 6.04 Å². The monoisotopic (exact) mass is 248 g/mol. The molecule has 0 aliphatic carbocycles. The Balaban J connectivity index is 2.29. The molecule has 0 aliphatic heterocycles. The maximum absolute atomic E-state index is 11.7. The number of hydrogen-bond donors (Lipinski definition) is 2. The first-order chi connectivity index (χ1) is 8.63. The highest BCUT2D eigenvalue weighted by Gasteiger charge is 2.10. The quantitative estimate of drug-likeness (QED) is 0.727. The summed E-state index contributed by atoms with van der Waals surface area (Å²) in [4.78, 5) is 11.7. The second-order valence-corrected chi connectivity index (χ2v) is 4.73. The molecule has 0 saturated heterocycles. The Morgan fingerprint density at radius 1 is 1.28 bits per heavy atom. The van der Waals surface area contributed by atoms with E-state index < -0.39 is 0 Å². The summed E-state index contributed by atoms with van der Waals surface area (Å²) in [5.74, 6) is 0.0792. The van der Waals surface area contributed by atoms with Crippen molar-refractivity contribution in [3.8, 4) is 0 Å². The highest BCUT2D eigenvalue weighted by Crippen LogP contribution is 2.02. The molecule has 0 fully saturated rings. The summed E-state index contributed by atoms with van der Waals surface area (Å²) in [6.07, 6.45) is 2.14. The molecule has 0 bridgehead atoms. The van der Waals surface area contributed by atoms with Crippen molar-refractivity contribution in [1.29, 1.82) is 0 Å². The second-order valence-electron chi connectivity index (χ2n) is 4.73. The first-order valence-electron chi connectivity index (χ1n) is 6.70. The van der Waals surface area contributed by atoms with E-state index in [0.717, 1.165) is 25.9 Å². The molecule has 100 valence electrons. The van der Waals surface area contributed by atoms with Crippen LogP contribution in [0.25, 0.3) is 0 Å². The van der Waals surface area contributed by atoms with Gasteiger partial charge < -0.3 is 10.6 Å². The fourth-order valence-electron chi connectivity index (χ4n) is 1.61. The average molecular weight is 248 g/mol. The molecule has 1 rings (SSSR count). The van der Waals surface area contributed by atoms with Crippen LogP contribution in [-0.4, -0.2) is 18.5 Å². The highest BCUT2D eigenvalue weighted by molar-refractivity contribution is 5.81. The molecule has 1 atom stereocenters. The number of carbonyl (C=O) groups excluding carboxylic acids is 1. The number of amides is 1. The highest BCUT2D eigenvalue weighted by atomic mass is 16.2. The zero-order valence-electron chi connectivity index (χ0n) is 11.6. The molecule has 0 aromatic heterocycles. The van der Waals surface area contributed by atoms with Crippen LogP contribution in [0, 0.1) is 6.92 Å². The van der Waals surface area contributed by atoms with Gasteiger partial charge in [0.1, 0.15) is 0 Å². The fraction of sp³-hybridized carbons (Fsp3) is 0.533. The number of carbonyl (C=O) groups is 1.